The van der Waals surface area contributed by atoms with E-state index in [1.54, 1.807) is 37.3 Å². The molecule has 74 valence electrons. The lowest BCUT2D eigenvalue weighted by molar-refractivity contribution is 0.584. The summed E-state index contributed by atoms with van der Waals surface area (Å²) in [6.45, 7) is 2.16. The highest BCUT2D eigenvalue weighted by atomic mass is 32.2. The van der Waals surface area contributed by atoms with Gasteiger partial charge in [0.05, 0.1) is 4.90 Å². The van der Waals surface area contributed by atoms with E-state index in [4.69, 9.17) is 0 Å². The van der Waals surface area contributed by atoms with Crippen molar-refractivity contribution in [1.82, 2.24) is 4.72 Å². The lowest BCUT2D eigenvalue weighted by Crippen LogP contribution is -2.22. The van der Waals surface area contributed by atoms with Crippen LogP contribution in [0.25, 0.3) is 0 Å². The summed E-state index contributed by atoms with van der Waals surface area (Å²) in [4.78, 5) is 0.312. The zero-order chi connectivity index (χ0) is 9.03. The average Bonchev–Trinajstić information content (AvgIpc) is 2.06. The molecule has 1 aromatic carbocycles. The van der Waals surface area contributed by atoms with E-state index in [9.17, 15) is 8.42 Å². The van der Waals surface area contributed by atoms with Crippen molar-refractivity contribution in [1.29, 1.82) is 0 Å². The predicted octanol–water partition coefficient (Wildman–Crippen LogP) is 1.62. The minimum atomic E-state index is -3.26. The second kappa shape index (κ2) is 4.99. The Hall–Kier alpha value is -0.870. The Balaban J connectivity index is 0.00000144. The van der Waals surface area contributed by atoms with E-state index >= 15 is 0 Å². The van der Waals surface area contributed by atoms with Gasteiger partial charge in [-0.25, -0.2) is 13.1 Å². The van der Waals surface area contributed by atoms with Crippen molar-refractivity contribution in [2.45, 2.75) is 19.2 Å². The van der Waals surface area contributed by atoms with E-state index in [-0.39, 0.29) is 7.43 Å². The molecule has 0 radical (unpaired) electrons. The molecule has 0 aliphatic rings. The van der Waals surface area contributed by atoms with Crippen molar-refractivity contribution in [3.05, 3.63) is 30.3 Å². The van der Waals surface area contributed by atoms with Gasteiger partial charge in [-0.05, 0) is 12.1 Å². The van der Waals surface area contributed by atoms with Gasteiger partial charge < -0.3 is 0 Å². The highest BCUT2D eigenvalue weighted by Gasteiger charge is 2.09. The second-order valence-electron chi connectivity index (χ2n) is 2.31. The van der Waals surface area contributed by atoms with Gasteiger partial charge in [-0.3, -0.25) is 0 Å². The fraction of sp³-hybridized carbons (Fsp3) is 0.333. The van der Waals surface area contributed by atoms with Crippen molar-refractivity contribution >= 4 is 10.0 Å². The fourth-order valence-corrected chi connectivity index (χ4v) is 1.94. The number of nitrogens with one attached hydrogen (secondary N) is 1. The van der Waals surface area contributed by atoms with Gasteiger partial charge in [-0.15, -0.1) is 0 Å². The number of rotatable bonds is 3. The Labute approximate surface area is 79.8 Å². The van der Waals surface area contributed by atoms with Crippen LogP contribution in [0.1, 0.15) is 14.4 Å². The van der Waals surface area contributed by atoms with Gasteiger partial charge >= 0.3 is 0 Å². The highest BCUT2D eigenvalue weighted by Crippen LogP contribution is 2.05. The molecule has 3 nitrogen and oxygen atoms in total. The van der Waals surface area contributed by atoms with Crippen LogP contribution in [0.2, 0.25) is 0 Å². The molecule has 0 amide bonds. The lowest BCUT2D eigenvalue weighted by Gasteiger charge is -2.02. The van der Waals surface area contributed by atoms with Crippen LogP contribution >= 0.6 is 0 Å². The quantitative estimate of drug-likeness (QED) is 0.807. The van der Waals surface area contributed by atoms with Crippen LogP contribution in [0.5, 0.6) is 0 Å². The first-order valence-corrected chi connectivity index (χ1v) is 5.20. The zero-order valence-electron chi connectivity index (χ0n) is 6.82. The topological polar surface area (TPSA) is 46.2 Å². The lowest BCUT2D eigenvalue weighted by atomic mass is 10.4. The van der Waals surface area contributed by atoms with Crippen molar-refractivity contribution in [3.8, 4) is 0 Å². The maximum Gasteiger partial charge on any atom is 0.240 e. The van der Waals surface area contributed by atoms with Crippen LogP contribution in [-0.2, 0) is 10.0 Å². The SMILES string of the molecule is C.CCNS(=O)(=O)c1ccccc1. The fourth-order valence-electron chi connectivity index (χ4n) is 0.873. The van der Waals surface area contributed by atoms with Crippen molar-refractivity contribution in [3.63, 3.8) is 0 Å². The molecular formula is C9H15NO2S. The van der Waals surface area contributed by atoms with Gasteiger partial charge in [0.15, 0.2) is 0 Å². The molecule has 0 saturated heterocycles. The summed E-state index contributed by atoms with van der Waals surface area (Å²) in [5.74, 6) is 0. The number of sulfonamides is 1. The minimum Gasteiger partial charge on any atom is -0.211 e. The molecule has 13 heavy (non-hydrogen) atoms. The number of benzene rings is 1. The standard InChI is InChI=1S/C8H11NO2S.CH4/c1-2-9-12(10,11)8-6-4-3-5-7-8;/h3-7,9H,2H2,1H3;1H4. The summed E-state index contributed by atoms with van der Waals surface area (Å²) in [6, 6.07) is 8.31. The molecular weight excluding hydrogens is 186 g/mol. The molecule has 0 aliphatic carbocycles. The van der Waals surface area contributed by atoms with Crippen LogP contribution in [0.3, 0.4) is 0 Å². The van der Waals surface area contributed by atoms with Crippen LogP contribution in [0, 0.1) is 0 Å². The van der Waals surface area contributed by atoms with E-state index in [2.05, 4.69) is 4.72 Å². The third-order valence-corrected chi connectivity index (χ3v) is 2.95. The predicted molar refractivity (Wildman–Crippen MR) is 54.0 cm³/mol. The van der Waals surface area contributed by atoms with E-state index in [0.717, 1.165) is 0 Å². The largest absolute Gasteiger partial charge is 0.240 e. The van der Waals surface area contributed by atoms with Crippen molar-refractivity contribution < 1.29 is 8.42 Å². The van der Waals surface area contributed by atoms with Crippen LogP contribution in [-0.4, -0.2) is 15.0 Å². The third kappa shape index (κ3) is 3.16. The molecule has 0 heterocycles. The summed E-state index contributed by atoms with van der Waals surface area (Å²) in [5, 5.41) is 0. The molecule has 0 bridgehead atoms. The van der Waals surface area contributed by atoms with Gasteiger partial charge in [-0.2, -0.15) is 0 Å². The third-order valence-electron chi connectivity index (χ3n) is 1.39. The molecule has 0 spiro atoms. The number of hydrogen-bond donors (Lipinski definition) is 1. The van der Waals surface area contributed by atoms with E-state index in [1.807, 2.05) is 0 Å². The second-order valence-corrected chi connectivity index (χ2v) is 4.08. The van der Waals surface area contributed by atoms with Gasteiger partial charge in [-0.1, -0.05) is 32.5 Å². The first kappa shape index (κ1) is 12.1. The molecule has 0 saturated carbocycles. The molecule has 0 unspecified atom stereocenters. The highest BCUT2D eigenvalue weighted by molar-refractivity contribution is 7.89. The molecule has 0 aromatic heterocycles. The zero-order valence-corrected chi connectivity index (χ0v) is 7.64. The maximum absolute atomic E-state index is 11.3. The summed E-state index contributed by atoms with van der Waals surface area (Å²) in [5.41, 5.74) is 0. The Kier molecular flexibility index (Phi) is 4.66. The van der Waals surface area contributed by atoms with E-state index in [1.165, 1.54) is 0 Å². The van der Waals surface area contributed by atoms with Crippen LogP contribution in [0.4, 0.5) is 0 Å². The van der Waals surface area contributed by atoms with E-state index < -0.39 is 10.0 Å². The Bertz CT molecular complexity index is 332. The van der Waals surface area contributed by atoms with E-state index in [0.29, 0.717) is 11.4 Å². The summed E-state index contributed by atoms with van der Waals surface area (Å²) in [7, 11) is -3.26. The monoisotopic (exact) mass is 201 g/mol. The van der Waals surface area contributed by atoms with Crippen LogP contribution < -0.4 is 4.72 Å². The van der Waals surface area contributed by atoms with Gasteiger partial charge in [0.25, 0.3) is 0 Å². The summed E-state index contributed by atoms with van der Waals surface area (Å²) < 4.78 is 25.1. The summed E-state index contributed by atoms with van der Waals surface area (Å²) >= 11 is 0. The van der Waals surface area contributed by atoms with Gasteiger partial charge in [0.2, 0.25) is 10.0 Å². The maximum atomic E-state index is 11.3. The van der Waals surface area contributed by atoms with Crippen molar-refractivity contribution in [2.75, 3.05) is 6.54 Å². The number of hydrogen-bond acceptors (Lipinski definition) is 2. The Morgan fingerprint density at radius 1 is 1.23 bits per heavy atom. The van der Waals surface area contributed by atoms with Crippen molar-refractivity contribution in [2.24, 2.45) is 0 Å². The van der Waals surface area contributed by atoms with Gasteiger partial charge in [0, 0.05) is 6.54 Å². The normalized spacial score (nSPS) is 10.5. The Morgan fingerprint density at radius 2 is 1.77 bits per heavy atom. The minimum absolute atomic E-state index is 0. The summed E-state index contributed by atoms with van der Waals surface area (Å²) in [6.07, 6.45) is 0. The first-order valence-electron chi connectivity index (χ1n) is 3.71. The molecule has 0 fully saturated rings. The molecule has 0 aliphatic heterocycles. The molecule has 1 N–H and O–H groups in total. The first-order chi connectivity index (χ1) is 5.67. The van der Waals surface area contributed by atoms with Crippen LogP contribution in [0.15, 0.2) is 35.2 Å². The molecule has 1 aromatic rings. The molecule has 0 atom stereocenters. The molecule has 1 rings (SSSR count). The average molecular weight is 201 g/mol. The van der Waals surface area contributed by atoms with Gasteiger partial charge in [0.1, 0.15) is 0 Å². The Morgan fingerprint density at radius 3 is 2.23 bits per heavy atom. The smallest absolute Gasteiger partial charge is 0.211 e. The molecule has 4 heteroatoms.